The molecule has 0 atom stereocenters. The van der Waals surface area contributed by atoms with Crippen LogP contribution in [-0.2, 0) is 13.1 Å². The Morgan fingerprint density at radius 3 is 2.87 bits per heavy atom. The van der Waals surface area contributed by atoms with Gasteiger partial charge >= 0.3 is 0 Å². The SMILES string of the molecule is COc1cccc(CN2COc3ccc4c(c3C2)O/C(=C\c2ccncc2)C4=O)c1. The Labute approximate surface area is 174 Å². The topological polar surface area (TPSA) is 60.9 Å². The van der Waals surface area contributed by atoms with Gasteiger partial charge in [0.05, 0.1) is 18.2 Å². The normalized spacial score (nSPS) is 16.6. The van der Waals surface area contributed by atoms with E-state index in [2.05, 4.69) is 16.0 Å². The highest BCUT2D eigenvalue weighted by Crippen LogP contribution is 2.42. The van der Waals surface area contributed by atoms with Crippen molar-refractivity contribution in [2.24, 2.45) is 0 Å². The van der Waals surface area contributed by atoms with Crippen LogP contribution in [0, 0.1) is 0 Å². The van der Waals surface area contributed by atoms with E-state index in [-0.39, 0.29) is 5.78 Å². The van der Waals surface area contributed by atoms with Gasteiger partial charge in [-0.1, -0.05) is 12.1 Å². The van der Waals surface area contributed by atoms with Gasteiger partial charge < -0.3 is 14.2 Å². The molecule has 0 bridgehead atoms. The third-order valence-electron chi connectivity index (χ3n) is 5.23. The minimum atomic E-state index is -0.116. The lowest BCUT2D eigenvalue weighted by Crippen LogP contribution is -2.31. The summed E-state index contributed by atoms with van der Waals surface area (Å²) in [4.78, 5) is 19.0. The third-order valence-corrected chi connectivity index (χ3v) is 5.23. The number of carbonyl (C=O) groups excluding carboxylic acids is 1. The number of nitrogens with zero attached hydrogens (tertiary/aromatic N) is 2. The van der Waals surface area contributed by atoms with Gasteiger partial charge in [-0.2, -0.15) is 0 Å². The highest BCUT2D eigenvalue weighted by Gasteiger charge is 2.33. The second-order valence-corrected chi connectivity index (χ2v) is 7.25. The number of allylic oxidation sites excluding steroid dienone is 1. The summed E-state index contributed by atoms with van der Waals surface area (Å²) in [6.45, 7) is 1.80. The molecule has 1 aromatic heterocycles. The van der Waals surface area contributed by atoms with Crippen LogP contribution in [0.25, 0.3) is 6.08 Å². The molecule has 0 spiro atoms. The van der Waals surface area contributed by atoms with E-state index in [9.17, 15) is 4.79 Å². The number of Topliss-reactive ketones (excluding diaryl/α,β-unsaturated/α-hetero) is 1. The first kappa shape index (κ1) is 18.4. The Bertz CT molecular complexity index is 1140. The zero-order chi connectivity index (χ0) is 20.5. The summed E-state index contributed by atoms with van der Waals surface area (Å²) in [5.74, 6) is 2.37. The first-order valence-electron chi connectivity index (χ1n) is 9.69. The van der Waals surface area contributed by atoms with Gasteiger partial charge in [-0.15, -0.1) is 0 Å². The van der Waals surface area contributed by atoms with Crippen molar-refractivity contribution in [2.75, 3.05) is 13.8 Å². The molecule has 6 nitrogen and oxygen atoms in total. The summed E-state index contributed by atoms with van der Waals surface area (Å²) in [6, 6.07) is 15.3. The van der Waals surface area contributed by atoms with Crippen LogP contribution in [0.1, 0.15) is 27.0 Å². The van der Waals surface area contributed by atoms with E-state index >= 15 is 0 Å². The molecule has 0 N–H and O–H groups in total. The number of hydrogen-bond donors (Lipinski definition) is 0. The summed E-state index contributed by atoms with van der Waals surface area (Å²) in [7, 11) is 1.66. The van der Waals surface area contributed by atoms with Crippen LogP contribution < -0.4 is 14.2 Å². The molecule has 30 heavy (non-hydrogen) atoms. The highest BCUT2D eigenvalue weighted by molar-refractivity contribution is 6.15. The summed E-state index contributed by atoms with van der Waals surface area (Å²) < 4.78 is 17.3. The number of benzene rings is 2. The standard InChI is InChI=1S/C24H20N2O4/c1-28-18-4-2-3-17(11-18)13-26-14-20-21(29-15-26)6-5-19-23(27)22(30-24(19)20)12-16-7-9-25-10-8-16/h2-12H,13-15H2,1H3/b22-12-. The monoisotopic (exact) mass is 400 g/mol. The number of fused-ring (bicyclic) bond motifs is 3. The first-order valence-corrected chi connectivity index (χ1v) is 9.69. The van der Waals surface area contributed by atoms with E-state index in [1.54, 1.807) is 31.6 Å². The van der Waals surface area contributed by atoms with Crippen molar-refractivity contribution in [2.45, 2.75) is 13.1 Å². The zero-order valence-electron chi connectivity index (χ0n) is 16.5. The average molecular weight is 400 g/mol. The quantitative estimate of drug-likeness (QED) is 0.616. The van der Waals surface area contributed by atoms with E-state index in [1.165, 1.54) is 0 Å². The van der Waals surface area contributed by atoms with Crippen molar-refractivity contribution < 1.29 is 19.0 Å². The molecule has 2 aromatic carbocycles. The first-order chi connectivity index (χ1) is 14.7. The Balaban J connectivity index is 1.41. The predicted octanol–water partition coefficient (Wildman–Crippen LogP) is 4.06. The highest BCUT2D eigenvalue weighted by atomic mass is 16.5. The van der Waals surface area contributed by atoms with E-state index in [1.807, 2.05) is 36.4 Å². The van der Waals surface area contributed by atoms with Gasteiger partial charge in [-0.05, 0) is 53.6 Å². The summed E-state index contributed by atoms with van der Waals surface area (Å²) >= 11 is 0. The smallest absolute Gasteiger partial charge is 0.231 e. The Kier molecular flexibility index (Phi) is 4.69. The van der Waals surface area contributed by atoms with Crippen LogP contribution in [-0.4, -0.2) is 29.5 Å². The molecule has 2 aliphatic heterocycles. The van der Waals surface area contributed by atoms with Gasteiger partial charge in [0.15, 0.2) is 5.76 Å². The lowest BCUT2D eigenvalue weighted by molar-refractivity contribution is 0.0872. The van der Waals surface area contributed by atoms with Gasteiger partial charge in [0.2, 0.25) is 5.78 Å². The van der Waals surface area contributed by atoms with E-state index in [0.717, 1.165) is 28.2 Å². The van der Waals surface area contributed by atoms with Crippen molar-refractivity contribution in [3.8, 4) is 17.2 Å². The molecule has 6 heteroatoms. The molecule has 150 valence electrons. The van der Waals surface area contributed by atoms with Crippen LogP contribution in [0.5, 0.6) is 17.2 Å². The second kappa shape index (κ2) is 7.65. The molecule has 3 heterocycles. The van der Waals surface area contributed by atoms with Crippen LogP contribution in [0.4, 0.5) is 0 Å². The van der Waals surface area contributed by atoms with Gasteiger partial charge in [0.1, 0.15) is 24.0 Å². The van der Waals surface area contributed by atoms with Gasteiger partial charge in [0.25, 0.3) is 0 Å². The summed E-state index contributed by atoms with van der Waals surface area (Å²) in [5.41, 5.74) is 3.46. The van der Waals surface area contributed by atoms with Crippen molar-refractivity contribution >= 4 is 11.9 Å². The maximum Gasteiger partial charge on any atom is 0.231 e. The predicted molar refractivity (Wildman–Crippen MR) is 111 cm³/mol. The maximum absolute atomic E-state index is 12.9. The molecule has 0 fully saturated rings. The number of methoxy groups -OCH3 is 1. The number of ketones is 1. The van der Waals surface area contributed by atoms with E-state index < -0.39 is 0 Å². The van der Waals surface area contributed by atoms with Crippen LogP contribution in [0.15, 0.2) is 66.7 Å². The molecule has 0 radical (unpaired) electrons. The maximum atomic E-state index is 12.9. The molecule has 0 saturated heterocycles. The van der Waals surface area contributed by atoms with Crippen LogP contribution in [0.2, 0.25) is 0 Å². The zero-order valence-corrected chi connectivity index (χ0v) is 16.5. The van der Waals surface area contributed by atoms with Crippen molar-refractivity contribution in [3.63, 3.8) is 0 Å². The lowest BCUT2D eigenvalue weighted by Gasteiger charge is -2.29. The molecular formula is C24H20N2O4. The van der Waals surface area contributed by atoms with Gasteiger partial charge in [0, 0.05) is 25.5 Å². The van der Waals surface area contributed by atoms with Crippen molar-refractivity contribution in [3.05, 3.63) is 88.9 Å². The number of pyridine rings is 1. The minimum Gasteiger partial charge on any atom is -0.497 e. The number of aromatic nitrogens is 1. The van der Waals surface area contributed by atoms with Gasteiger partial charge in [-0.3, -0.25) is 14.7 Å². The Morgan fingerprint density at radius 2 is 2.03 bits per heavy atom. The summed E-state index contributed by atoms with van der Waals surface area (Å²) in [6.07, 6.45) is 5.12. The molecule has 2 aliphatic rings. The number of ether oxygens (including phenoxy) is 3. The van der Waals surface area contributed by atoms with Gasteiger partial charge in [-0.25, -0.2) is 0 Å². The lowest BCUT2D eigenvalue weighted by atomic mass is 10.0. The molecule has 5 rings (SSSR count). The summed E-state index contributed by atoms with van der Waals surface area (Å²) in [5, 5.41) is 0. The minimum absolute atomic E-state index is 0.116. The van der Waals surface area contributed by atoms with Crippen molar-refractivity contribution in [1.29, 1.82) is 0 Å². The third kappa shape index (κ3) is 3.42. The fourth-order valence-corrected chi connectivity index (χ4v) is 3.75. The largest absolute Gasteiger partial charge is 0.497 e. The molecule has 0 aliphatic carbocycles. The number of rotatable bonds is 4. The van der Waals surface area contributed by atoms with E-state index in [4.69, 9.17) is 14.2 Å². The van der Waals surface area contributed by atoms with Crippen LogP contribution >= 0.6 is 0 Å². The molecular weight excluding hydrogens is 380 g/mol. The average Bonchev–Trinajstić information content (AvgIpc) is 3.10. The van der Waals surface area contributed by atoms with Crippen LogP contribution in [0.3, 0.4) is 0 Å². The molecule has 0 saturated carbocycles. The van der Waals surface area contributed by atoms with Crippen molar-refractivity contribution in [1.82, 2.24) is 9.88 Å². The van der Waals surface area contributed by atoms with E-state index in [0.29, 0.717) is 36.9 Å². The molecule has 0 amide bonds. The molecule has 3 aromatic rings. The Hall–Kier alpha value is -3.64. The number of carbonyl (C=O) groups is 1. The second-order valence-electron chi connectivity index (χ2n) is 7.25. The Morgan fingerprint density at radius 1 is 1.17 bits per heavy atom. The molecule has 0 unspecified atom stereocenters. The fraction of sp³-hybridized carbons (Fsp3) is 0.167. The number of hydrogen-bond acceptors (Lipinski definition) is 6. The fourth-order valence-electron chi connectivity index (χ4n) is 3.75.